The van der Waals surface area contributed by atoms with Crippen LogP contribution in [0.5, 0.6) is 11.5 Å². The summed E-state index contributed by atoms with van der Waals surface area (Å²) in [5.74, 6) is 1.54. The van der Waals surface area contributed by atoms with Crippen LogP contribution in [0.3, 0.4) is 0 Å². The summed E-state index contributed by atoms with van der Waals surface area (Å²) in [6, 6.07) is 5.68. The minimum atomic E-state index is 0.174. The average Bonchev–Trinajstić information content (AvgIpc) is 2.44. The number of nitrogens with zero attached hydrogens (tertiary/aromatic N) is 1. The summed E-state index contributed by atoms with van der Waals surface area (Å²) in [5, 5.41) is 0. The van der Waals surface area contributed by atoms with Crippen molar-refractivity contribution in [2.75, 3.05) is 27.3 Å². The van der Waals surface area contributed by atoms with E-state index in [1.165, 1.54) is 0 Å². The van der Waals surface area contributed by atoms with Gasteiger partial charge in [-0.25, -0.2) is 0 Å². The molecule has 0 amide bonds. The zero-order valence-electron chi connectivity index (χ0n) is 12.4. The Bertz CT molecular complexity index is 482. The van der Waals surface area contributed by atoms with Gasteiger partial charge in [0.15, 0.2) is 0 Å². The molecule has 4 nitrogen and oxygen atoms in total. The second-order valence-electron chi connectivity index (χ2n) is 5.03. The Balaban J connectivity index is 2.27. The van der Waals surface area contributed by atoms with E-state index in [4.69, 9.17) is 26.4 Å². The van der Waals surface area contributed by atoms with Gasteiger partial charge in [0.25, 0.3) is 0 Å². The predicted molar refractivity (Wildman–Crippen MR) is 82.8 cm³/mol. The van der Waals surface area contributed by atoms with Gasteiger partial charge in [-0.05, 0) is 32.0 Å². The van der Waals surface area contributed by atoms with Gasteiger partial charge >= 0.3 is 0 Å². The SMILES string of the molecule is COc1ccc(OC)c(C(=S)N2C[C@H](C)O[C@@H](C)C2)c1. The molecular weight excluding hydrogens is 274 g/mol. The fourth-order valence-electron chi connectivity index (χ4n) is 2.50. The van der Waals surface area contributed by atoms with E-state index in [0.717, 1.165) is 35.1 Å². The van der Waals surface area contributed by atoms with Crippen molar-refractivity contribution in [2.24, 2.45) is 0 Å². The van der Waals surface area contributed by atoms with Gasteiger partial charge in [0.2, 0.25) is 0 Å². The highest BCUT2D eigenvalue weighted by Crippen LogP contribution is 2.27. The highest BCUT2D eigenvalue weighted by atomic mass is 32.1. The molecule has 5 heteroatoms. The zero-order valence-corrected chi connectivity index (χ0v) is 13.2. The van der Waals surface area contributed by atoms with Crippen LogP contribution in [0.15, 0.2) is 18.2 Å². The molecule has 0 aliphatic carbocycles. The van der Waals surface area contributed by atoms with E-state index < -0.39 is 0 Å². The topological polar surface area (TPSA) is 30.9 Å². The Kier molecular flexibility index (Phi) is 4.83. The van der Waals surface area contributed by atoms with Crippen molar-refractivity contribution in [3.05, 3.63) is 23.8 Å². The van der Waals surface area contributed by atoms with Crippen LogP contribution in [-0.4, -0.2) is 49.4 Å². The summed E-state index contributed by atoms with van der Waals surface area (Å²) in [5.41, 5.74) is 0.892. The molecule has 20 heavy (non-hydrogen) atoms. The summed E-state index contributed by atoms with van der Waals surface area (Å²) in [4.78, 5) is 2.95. The molecule has 0 N–H and O–H groups in total. The molecule has 0 radical (unpaired) electrons. The van der Waals surface area contributed by atoms with Crippen molar-refractivity contribution in [3.63, 3.8) is 0 Å². The third kappa shape index (κ3) is 3.22. The average molecular weight is 295 g/mol. The van der Waals surface area contributed by atoms with Gasteiger partial charge in [-0.15, -0.1) is 0 Å². The van der Waals surface area contributed by atoms with Gasteiger partial charge in [0.1, 0.15) is 16.5 Å². The Morgan fingerprint density at radius 1 is 1.20 bits per heavy atom. The van der Waals surface area contributed by atoms with Crippen LogP contribution in [0.25, 0.3) is 0 Å². The summed E-state index contributed by atoms with van der Waals surface area (Å²) >= 11 is 5.64. The van der Waals surface area contributed by atoms with Crippen molar-refractivity contribution < 1.29 is 14.2 Å². The number of rotatable bonds is 3. The fourth-order valence-corrected chi connectivity index (χ4v) is 2.80. The van der Waals surface area contributed by atoms with Crippen molar-refractivity contribution >= 4 is 17.2 Å². The maximum absolute atomic E-state index is 5.75. The molecule has 2 atom stereocenters. The molecule has 0 saturated carbocycles. The van der Waals surface area contributed by atoms with Crippen molar-refractivity contribution in [3.8, 4) is 11.5 Å². The first kappa shape index (κ1) is 15.1. The molecule has 1 aliphatic rings. The first-order valence-corrected chi connectivity index (χ1v) is 7.12. The number of hydrogen-bond acceptors (Lipinski definition) is 4. The second kappa shape index (κ2) is 6.41. The van der Waals surface area contributed by atoms with Crippen LogP contribution in [0, 0.1) is 0 Å². The smallest absolute Gasteiger partial charge is 0.129 e. The molecule has 0 unspecified atom stereocenters. The molecule has 110 valence electrons. The maximum atomic E-state index is 5.75. The molecule has 1 aromatic carbocycles. The number of morpholine rings is 1. The van der Waals surface area contributed by atoms with Gasteiger partial charge in [0.05, 0.1) is 32.0 Å². The number of ether oxygens (including phenoxy) is 3. The van der Waals surface area contributed by atoms with Crippen molar-refractivity contribution in [1.29, 1.82) is 0 Å². The van der Waals surface area contributed by atoms with Crippen molar-refractivity contribution in [1.82, 2.24) is 4.90 Å². The fraction of sp³-hybridized carbons (Fsp3) is 0.533. The molecule has 0 spiro atoms. The molecular formula is C15H21NO3S. The van der Waals surface area contributed by atoms with Crippen molar-refractivity contribution in [2.45, 2.75) is 26.1 Å². The van der Waals surface area contributed by atoms with E-state index in [-0.39, 0.29) is 12.2 Å². The predicted octanol–water partition coefficient (Wildman–Crippen LogP) is 2.49. The molecule has 1 saturated heterocycles. The lowest BCUT2D eigenvalue weighted by molar-refractivity contribution is -0.0472. The molecule has 1 aliphatic heterocycles. The molecule has 1 heterocycles. The Labute approximate surface area is 125 Å². The number of methoxy groups -OCH3 is 2. The summed E-state index contributed by atoms with van der Waals surface area (Å²) in [6.07, 6.45) is 0.349. The highest BCUT2D eigenvalue weighted by molar-refractivity contribution is 7.80. The Morgan fingerprint density at radius 3 is 2.40 bits per heavy atom. The first-order chi connectivity index (χ1) is 9.55. The Morgan fingerprint density at radius 2 is 1.85 bits per heavy atom. The molecule has 1 fully saturated rings. The lowest BCUT2D eigenvalue weighted by atomic mass is 10.1. The van der Waals surface area contributed by atoms with E-state index in [1.54, 1.807) is 14.2 Å². The van der Waals surface area contributed by atoms with Crippen LogP contribution in [0.1, 0.15) is 19.4 Å². The minimum Gasteiger partial charge on any atom is -0.497 e. The van der Waals surface area contributed by atoms with Gasteiger partial charge < -0.3 is 19.1 Å². The summed E-state index contributed by atoms with van der Waals surface area (Å²) < 4.78 is 16.4. The molecule has 1 aromatic rings. The molecule has 0 aromatic heterocycles. The quantitative estimate of drug-likeness (QED) is 0.800. The van der Waals surface area contributed by atoms with E-state index in [2.05, 4.69) is 18.7 Å². The minimum absolute atomic E-state index is 0.174. The van der Waals surface area contributed by atoms with E-state index in [1.807, 2.05) is 18.2 Å². The van der Waals surface area contributed by atoms with Gasteiger partial charge in [-0.1, -0.05) is 12.2 Å². The van der Waals surface area contributed by atoms with Gasteiger partial charge in [-0.2, -0.15) is 0 Å². The number of hydrogen-bond donors (Lipinski definition) is 0. The molecule has 2 rings (SSSR count). The maximum Gasteiger partial charge on any atom is 0.129 e. The van der Waals surface area contributed by atoms with Crippen LogP contribution >= 0.6 is 12.2 Å². The highest BCUT2D eigenvalue weighted by Gasteiger charge is 2.26. The number of benzene rings is 1. The summed E-state index contributed by atoms with van der Waals surface area (Å²) in [7, 11) is 3.30. The zero-order chi connectivity index (χ0) is 14.7. The lowest BCUT2D eigenvalue weighted by Gasteiger charge is -2.37. The normalized spacial score (nSPS) is 22.5. The number of thiocarbonyl (C=S) groups is 1. The van der Waals surface area contributed by atoms with Crippen LogP contribution < -0.4 is 9.47 Å². The van der Waals surface area contributed by atoms with Crippen LogP contribution in [0.2, 0.25) is 0 Å². The third-order valence-electron chi connectivity index (χ3n) is 3.34. The Hall–Kier alpha value is -1.33. The van der Waals surface area contributed by atoms with Gasteiger partial charge in [0, 0.05) is 13.1 Å². The van der Waals surface area contributed by atoms with Crippen LogP contribution in [0.4, 0.5) is 0 Å². The first-order valence-electron chi connectivity index (χ1n) is 6.72. The van der Waals surface area contributed by atoms with E-state index in [0.29, 0.717) is 0 Å². The largest absolute Gasteiger partial charge is 0.497 e. The van der Waals surface area contributed by atoms with Crippen LogP contribution in [-0.2, 0) is 4.74 Å². The molecule has 0 bridgehead atoms. The third-order valence-corrected chi connectivity index (χ3v) is 3.82. The standard InChI is InChI=1S/C15H21NO3S/c1-10-8-16(9-11(2)19-10)15(20)13-7-12(17-3)5-6-14(13)18-4/h5-7,10-11H,8-9H2,1-4H3/t10-,11-/m0/s1. The van der Waals surface area contributed by atoms with E-state index in [9.17, 15) is 0 Å². The van der Waals surface area contributed by atoms with Gasteiger partial charge in [-0.3, -0.25) is 0 Å². The summed E-state index contributed by atoms with van der Waals surface area (Å²) in [6.45, 7) is 5.72. The monoisotopic (exact) mass is 295 g/mol. The second-order valence-corrected chi connectivity index (χ2v) is 5.42. The lowest BCUT2D eigenvalue weighted by Crippen LogP contribution is -2.47. The van der Waals surface area contributed by atoms with E-state index >= 15 is 0 Å².